The first-order valence-corrected chi connectivity index (χ1v) is 4.30. The van der Waals surface area contributed by atoms with Crippen LogP contribution in [0.3, 0.4) is 0 Å². The first-order valence-electron chi connectivity index (χ1n) is 4.30. The Balaban J connectivity index is 2.39. The Labute approximate surface area is 67.9 Å². The van der Waals surface area contributed by atoms with Crippen LogP contribution in [0.15, 0.2) is 12.3 Å². The molecule has 1 aliphatic rings. The summed E-state index contributed by atoms with van der Waals surface area (Å²) < 4.78 is 12.8. The van der Waals surface area contributed by atoms with Crippen molar-refractivity contribution in [1.82, 2.24) is 4.90 Å². The number of hydrogen-bond acceptors (Lipinski definition) is 1. The maximum atomic E-state index is 12.8. The van der Waals surface area contributed by atoms with Crippen molar-refractivity contribution >= 4 is 0 Å². The molecule has 0 unspecified atom stereocenters. The number of allylic oxidation sites excluding steroid dienone is 1. The van der Waals surface area contributed by atoms with Gasteiger partial charge in [0.05, 0.1) is 0 Å². The van der Waals surface area contributed by atoms with Crippen molar-refractivity contribution in [3.05, 3.63) is 12.3 Å². The first-order chi connectivity index (χ1) is 5.24. The van der Waals surface area contributed by atoms with Crippen LogP contribution >= 0.6 is 0 Å². The molecule has 0 aromatic rings. The minimum Gasteiger partial charge on any atom is -0.372 e. The molecular formula is C9H16FN. The van der Waals surface area contributed by atoms with Crippen molar-refractivity contribution in [2.45, 2.75) is 32.4 Å². The second-order valence-electron chi connectivity index (χ2n) is 3.11. The number of likely N-dealkylation sites (tertiary alicyclic amines) is 1. The summed E-state index contributed by atoms with van der Waals surface area (Å²) in [5.74, 6) is 0. The summed E-state index contributed by atoms with van der Waals surface area (Å²) in [5, 5.41) is 0. The number of nitrogens with zero attached hydrogens (tertiary/aromatic N) is 1. The molecule has 1 atom stereocenters. The van der Waals surface area contributed by atoms with Crippen LogP contribution in [-0.2, 0) is 0 Å². The van der Waals surface area contributed by atoms with E-state index in [-0.39, 0.29) is 0 Å². The van der Waals surface area contributed by atoms with Gasteiger partial charge in [-0.3, -0.25) is 0 Å². The van der Waals surface area contributed by atoms with Crippen LogP contribution in [-0.4, -0.2) is 24.2 Å². The zero-order valence-corrected chi connectivity index (χ0v) is 7.15. The summed E-state index contributed by atoms with van der Waals surface area (Å²) in [6.07, 6.45) is 2.01. The second kappa shape index (κ2) is 3.74. The predicted octanol–water partition coefficient (Wildman–Crippen LogP) is 2.34. The highest BCUT2D eigenvalue weighted by Crippen LogP contribution is 2.17. The summed E-state index contributed by atoms with van der Waals surface area (Å²) in [5.41, 5.74) is 1.08. The molecule has 0 bridgehead atoms. The summed E-state index contributed by atoms with van der Waals surface area (Å²) in [7, 11) is 0. The molecule has 64 valence electrons. The van der Waals surface area contributed by atoms with Crippen molar-refractivity contribution in [1.29, 1.82) is 0 Å². The van der Waals surface area contributed by atoms with E-state index >= 15 is 0 Å². The lowest BCUT2D eigenvalue weighted by atomic mass is 10.1. The van der Waals surface area contributed by atoms with E-state index in [1.807, 2.05) is 0 Å². The molecule has 1 fully saturated rings. The van der Waals surface area contributed by atoms with Crippen LogP contribution in [0.25, 0.3) is 0 Å². The zero-order valence-electron chi connectivity index (χ0n) is 7.15. The van der Waals surface area contributed by atoms with E-state index < -0.39 is 6.17 Å². The second-order valence-corrected chi connectivity index (χ2v) is 3.11. The van der Waals surface area contributed by atoms with Crippen molar-refractivity contribution in [3.63, 3.8) is 0 Å². The number of rotatable bonds is 2. The van der Waals surface area contributed by atoms with Crippen LogP contribution < -0.4 is 0 Å². The maximum absolute atomic E-state index is 12.8. The van der Waals surface area contributed by atoms with Gasteiger partial charge in [-0.2, -0.15) is 0 Å². The van der Waals surface area contributed by atoms with E-state index in [2.05, 4.69) is 18.4 Å². The lowest BCUT2D eigenvalue weighted by molar-refractivity contribution is 0.166. The number of hydrogen-bond donors (Lipinski definition) is 0. The molecule has 11 heavy (non-hydrogen) atoms. The Morgan fingerprint density at radius 3 is 3.00 bits per heavy atom. The minimum atomic E-state index is -0.632. The third-order valence-corrected chi connectivity index (χ3v) is 2.22. The average Bonchev–Trinajstić information content (AvgIpc) is 2.03. The Morgan fingerprint density at radius 1 is 1.73 bits per heavy atom. The van der Waals surface area contributed by atoms with Gasteiger partial charge in [-0.15, -0.1) is 0 Å². The lowest BCUT2D eigenvalue weighted by Gasteiger charge is -2.31. The molecule has 1 rings (SSSR count). The predicted molar refractivity (Wildman–Crippen MR) is 45.1 cm³/mol. The topological polar surface area (TPSA) is 3.24 Å². The largest absolute Gasteiger partial charge is 0.372 e. The van der Waals surface area contributed by atoms with Crippen LogP contribution in [0, 0.1) is 0 Å². The fraction of sp³-hybridized carbons (Fsp3) is 0.778. The normalized spacial score (nSPS) is 25.3. The minimum absolute atomic E-state index is 0.562. The van der Waals surface area contributed by atoms with Gasteiger partial charge < -0.3 is 4.90 Å². The van der Waals surface area contributed by atoms with Gasteiger partial charge in [0.1, 0.15) is 6.17 Å². The first kappa shape index (κ1) is 8.57. The van der Waals surface area contributed by atoms with E-state index in [1.54, 1.807) is 0 Å². The van der Waals surface area contributed by atoms with Gasteiger partial charge >= 0.3 is 0 Å². The molecule has 0 aromatic carbocycles. The Hall–Kier alpha value is -0.530. The van der Waals surface area contributed by atoms with Gasteiger partial charge in [0, 0.05) is 18.8 Å². The third-order valence-electron chi connectivity index (χ3n) is 2.22. The van der Waals surface area contributed by atoms with E-state index in [9.17, 15) is 4.39 Å². The third kappa shape index (κ3) is 2.21. The summed E-state index contributed by atoms with van der Waals surface area (Å²) >= 11 is 0. The Morgan fingerprint density at radius 2 is 2.45 bits per heavy atom. The van der Waals surface area contributed by atoms with E-state index in [0.29, 0.717) is 6.54 Å². The van der Waals surface area contributed by atoms with Crippen molar-refractivity contribution in [3.8, 4) is 0 Å². The average molecular weight is 157 g/mol. The van der Waals surface area contributed by atoms with Gasteiger partial charge in [-0.25, -0.2) is 4.39 Å². The van der Waals surface area contributed by atoms with Crippen molar-refractivity contribution < 1.29 is 4.39 Å². The molecule has 0 radical (unpaired) electrons. The zero-order chi connectivity index (χ0) is 8.27. The monoisotopic (exact) mass is 157 g/mol. The van der Waals surface area contributed by atoms with E-state index in [0.717, 1.165) is 31.5 Å². The molecule has 0 aromatic heterocycles. The number of halogens is 1. The van der Waals surface area contributed by atoms with Gasteiger partial charge in [-0.1, -0.05) is 13.5 Å². The summed E-state index contributed by atoms with van der Waals surface area (Å²) in [4.78, 5) is 2.06. The van der Waals surface area contributed by atoms with Gasteiger partial charge in [-0.05, 0) is 19.3 Å². The highest BCUT2D eigenvalue weighted by atomic mass is 19.1. The Bertz CT molecular complexity index is 144. The van der Waals surface area contributed by atoms with Crippen molar-refractivity contribution in [2.24, 2.45) is 0 Å². The van der Waals surface area contributed by atoms with E-state index in [1.165, 1.54) is 0 Å². The maximum Gasteiger partial charge on any atom is 0.118 e. The molecule has 2 heteroatoms. The molecule has 0 amide bonds. The van der Waals surface area contributed by atoms with Crippen molar-refractivity contribution in [2.75, 3.05) is 13.1 Å². The standard InChI is InChI=1S/C9H16FN/c1-3-8(2)11-6-4-5-9(10)7-11/h9H,2-7H2,1H3/t9-/m0/s1. The molecule has 0 spiro atoms. The molecule has 0 N–H and O–H groups in total. The number of alkyl halides is 1. The number of piperidine rings is 1. The van der Waals surface area contributed by atoms with Gasteiger partial charge in [0.25, 0.3) is 0 Å². The highest BCUT2D eigenvalue weighted by molar-refractivity contribution is 4.95. The highest BCUT2D eigenvalue weighted by Gasteiger charge is 2.18. The fourth-order valence-electron chi connectivity index (χ4n) is 1.44. The lowest BCUT2D eigenvalue weighted by Crippen LogP contribution is -2.35. The molecule has 1 heterocycles. The van der Waals surface area contributed by atoms with Crippen LogP contribution in [0.4, 0.5) is 4.39 Å². The van der Waals surface area contributed by atoms with Crippen LogP contribution in [0.5, 0.6) is 0 Å². The van der Waals surface area contributed by atoms with Crippen LogP contribution in [0.1, 0.15) is 26.2 Å². The molecule has 0 aliphatic carbocycles. The molecule has 1 aliphatic heterocycles. The van der Waals surface area contributed by atoms with Crippen LogP contribution in [0.2, 0.25) is 0 Å². The summed E-state index contributed by atoms with van der Waals surface area (Å²) in [6, 6.07) is 0. The quantitative estimate of drug-likeness (QED) is 0.594. The molecule has 1 nitrogen and oxygen atoms in total. The van der Waals surface area contributed by atoms with Gasteiger partial charge in [0.15, 0.2) is 0 Å². The van der Waals surface area contributed by atoms with E-state index in [4.69, 9.17) is 0 Å². The molecule has 0 saturated carbocycles. The SMILES string of the molecule is C=C(CC)N1CCC[C@H](F)C1. The molecular weight excluding hydrogens is 141 g/mol. The molecule has 1 saturated heterocycles. The fourth-order valence-corrected chi connectivity index (χ4v) is 1.44. The smallest absolute Gasteiger partial charge is 0.118 e. The Kier molecular flexibility index (Phi) is 2.92. The summed E-state index contributed by atoms with van der Waals surface area (Å²) in [6.45, 7) is 7.51. The van der Waals surface area contributed by atoms with Gasteiger partial charge in [0.2, 0.25) is 0 Å².